The molecule has 0 N–H and O–H groups in total. The molecule has 0 radical (unpaired) electrons. The van der Waals surface area contributed by atoms with Gasteiger partial charge in [-0.3, -0.25) is 0 Å². The Balaban J connectivity index is 1.53. The third-order valence-corrected chi connectivity index (χ3v) is 10.1. The van der Waals surface area contributed by atoms with E-state index in [0.29, 0.717) is 10.8 Å². The average Bonchev–Trinajstić information content (AvgIpc) is 2.98. The minimum atomic E-state index is 0.591. The summed E-state index contributed by atoms with van der Waals surface area (Å²) >= 11 is 0. The summed E-state index contributed by atoms with van der Waals surface area (Å²) in [5, 5.41) is 0. The Morgan fingerprint density at radius 2 is 1.70 bits per heavy atom. The highest BCUT2D eigenvalue weighted by atomic mass is 14.6. The zero-order valence-corrected chi connectivity index (χ0v) is 19.1. The lowest BCUT2D eigenvalue weighted by atomic mass is 9.50. The van der Waals surface area contributed by atoms with E-state index in [9.17, 15) is 0 Å². The van der Waals surface area contributed by atoms with E-state index in [1.54, 1.807) is 0 Å². The van der Waals surface area contributed by atoms with E-state index in [2.05, 4.69) is 34.6 Å². The first-order valence-corrected chi connectivity index (χ1v) is 12.6. The second kappa shape index (κ2) is 7.53. The van der Waals surface area contributed by atoms with Gasteiger partial charge >= 0.3 is 0 Å². The Hall–Kier alpha value is -0.260. The fraction of sp³-hybridized carbons (Fsp3) is 0.926. The number of allylic oxidation sites excluding steroid dienone is 2. The van der Waals surface area contributed by atoms with E-state index in [1.807, 2.05) is 11.1 Å². The Bertz CT molecular complexity index is 569. The minimum Gasteiger partial charge on any atom is -0.0668 e. The van der Waals surface area contributed by atoms with Crippen LogP contribution in [0.2, 0.25) is 0 Å². The van der Waals surface area contributed by atoms with Gasteiger partial charge in [-0.15, -0.1) is 0 Å². The van der Waals surface area contributed by atoms with Gasteiger partial charge in [0.15, 0.2) is 0 Å². The third-order valence-electron chi connectivity index (χ3n) is 10.1. The average molecular weight is 371 g/mol. The van der Waals surface area contributed by atoms with E-state index in [4.69, 9.17) is 0 Å². The van der Waals surface area contributed by atoms with Crippen molar-refractivity contribution in [2.45, 2.75) is 118 Å². The Labute approximate surface area is 170 Å². The summed E-state index contributed by atoms with van der Waals surface area (Å²) in [6.07, 6.45) is 19.3. The van der Waals surface area contributed by atoms with E-state index < -0.39 is 0 Å². The van der Waals surface area contributed by atoms with Gasteiger partial charge in [-0.1, -0.05) is 77.9 Å². The lowest BCUT2D eigenvalue weighted by molar-refractivity contribution is 0.0659. The van der Waals surface area contributed by atoms with E-state index >= 15 is 0 Å². The normalized spacial score (nSPS) is 42.7. The summed E-state index contributed by atoms with van der Waals surface area (Å²) < 4.78 is 0. The summed E-state index contributed by atoms with van der Waals surface area (Å²) in [6.45, 7) is 12.8. The SMILES string of the molecule is CC(C)CCC[C@@H](C)[C@H]1CC[C@H]2C3=C(CC[C@]12C)[C@@]1(C)CCCC[C@@H]1CC3. The maximum Gasteiger partial charge on any atom is -0.00852 e. The summed E-state index contributed by atoms with van der Waals surface area (Å²) in [5.41, 5.74) is 5.21. The lowest BCUT2D eigenvalue weighted by Gasteiger charge is -2.54. The van der Waals surface area contributed by atoms with Crippen LogP contribution in [0.15, 0.2) is 11.1 Å². The van der Waals surface area contributed by atoms with Gasteiger partial charge in [0.25, 0.3) is 0 Å². The summed E-state index contributed by atoms with van der Waals surface area (Å²) in [5.74, 6) is 4.75. The lowest BCUT2D eigenvalue weighted by Crippen LogP contribution is -2.43. The first-order chi connectivity index (χ1) is 12.9. The van der Waals surface area contributed by atoms with Crippen molar-refractivity contribution in [2.75, 3.05) is 0 Å². The molecule has 6 atom stereocenters. The highest BCUT2D eigenvalue weighted by molar-refractivity contribution is 5.34. The molecule has 0 aromatic carbocycles. The van der Waals surface area contributed by atoms with E-state index in [0.717, 1.165) is 29.6 Å². The molecule has 0 saturated heterocycles. The van der Waals surface area contributed by atoms with Gasteiger partial charge in [0.1, 0.15) is 0 Å². The van der Waals surface area contributed by atoms with Crippen LogP contribution in [-0.4, -0.2) is 0 Å². The fourth-order valence-corrected chi connectivity index (χ4v) is 8.52. The topological polar surface area (TPSA) is 0 Å². The summed E-state index contributed by atoms with van der Waals surface area (Å²) in [7, 11) is 0. The van der Waals surface area contributed by atoms with Crippen molar-refractivity contribution >= 4 is 0 Å². The van der Waals surface area contributed by atoms with Crippen molar-refractivity contribution in [1.82, 2.24) is 0 Å². The predicted molar refractivity (Wildman–Crippen MR) is 118 cm³/mol. The first kappa shape index (κ1) is 20.0. The monoisotopic (exact) mass is 370 g/mol. The highest BCUT2D eigenvalue weighted by Gasteiger charge is 2.55. The second-order valence-corrected chi connectivity index (χ2v) is 11.9. The molecule has 4 rings (SSSR count). The molecule has 0 spiro atoms. The van der Waals surface area contributed by atoms with Gasteiger partial charge in [0.05, 0.1) is 0 Å². The van der Waals surface area contributed by atoms with Crippen molar-refractivity contribution in [1.29, 1.82) is 0 Å². The Morgan fingerprint density at radius 1 is 0.889 bits per heavy atom. The van der Waals surface area contributed by atoms with Gasteiger partial charge in [0, 0.05) is 0 Å². The van der Waals surface area contributed by atoms with Crippen molar-refractivity contribution in [3.05, 3.63) is 11.1 Å². The largest absolute Gasteiger partial charge is 0.0668 e. The zero-order chi connectivity index (χ0) is 19.2. The quantitative estimate of drug-likeness (QED) is 0.425. The molecule has 154 valence electrons. The first-order valence-electron chi connectivity index (χ1n) is 12.6. The van der Waals surface area contributed by atoms with Crippen LogP contribution in [0.3, 0.4) is 0 Å². The van der Waals surface area contributed by atoms with Crippen molar-refractivity contribution in [3.63, 3.8) is 0 Å². The second-order valence-electron chi connectivity index (χ2n) is 11.9. The van der Waals surface area contributed by atoms with E-state index in [1.165, 1.54) is 83.5 Å². The molecule has 0 aliphatic heterocycles. The van der Waals surface area contributed by atoms with Crippen LogP contribution in [-0.2, 0) is 0 Å². The van der Waals surface area contributed by atoms with Crippen LogP contribution in [0.1, 0.15) is 118 Å². The molecule has 4 aliphatic rings. The van der Waals surface area contributed by atoms with E-state index in [-0.39, 0.29) is 0 Å². The molecule has 2 fully saturated rings. The molecule has 0 bridgehead atoms. The Morgan fingerprint density at radius 3 is 2.48 bits per heavy atom. The number of rotatable bonds is 5. The molecule has 0 heteroatoms. The molecule has 0 heterocycles. The standard InChI is InChI=1S/C27H46/c1-19(2)9-8-10-20(3)23-14-15-24-22-13-12-21-11-6-7-17-26(21,4)25(22)16-18-27(23,24)5/h19-21,23-24H,6-18H2,1-5H3/t20-,21-,23-,24+,26+,27-/m1/s1. The van der Waals surface area contributed by atoms with Gasteiger partial charge in [0.2, 0.25) is 0 Å². The smallest absolute Gasteiger partial charge is 0.00852 e. The van der Waals surface area contributed by atoms with Crippen LogP contribution < -0.4 is 0 Å². The molecule has 2 saturated carbocycles. The molecule has 0 amide bonds. The van der Waals surface area contributed by atoms with Gasteiger partial charge in [-0.2, -0.15) is 0 Å². The molecule has 4 aliphatic carbocycles. The summed E-state index contributed by atoms with van der Waals surface area (Å²) in [6, 6.07) is 0. The molecule has 0 aromatic heterocycles. The summed E-state index contributed by atoms with van der Waals surface area (Å²) in [4.78, 5) is 0. The van der Waals surface area contributed by atoms with Crippen LogP contribution in [0.5, 0.6) is 0 Å². The number of hydrogen-bond acceptors (Lipinski definition) is 0. The maximum absolute atomic E-state index is 2.72. The van der Waals surface area contributed by atoms with Crippen molar-refractivity contribution in [3.8, 4) is 0 Å². The molecule has 0 aromatic rings. The van der Waals surface area contributed by atoms with Crippen LogP contribution >= 0.6 is 0 Å². The zero-order valence-electron chi connectivity index (χ0n) is 19.1. The minimum absolute atomic E-state index is 0.591. The molecular weight excluding hydrogens is 324 g/mol. The molecule has 0 nitrogen and oxygen atoms in total. The van der Waals surface area contributed by atoms with Crippen LogP contribution in [0, 0.1) is 40.4 Å². The van der Waals surface area contributed by atoms with Gasteiger partial charge in [-0.25, -0.2) is 0 Å². The fourth-order valence-electron chi connectivity index (χ4n) is 8.52. The number of hydrogen-bond donors (Lipinski definition) is 0. The number of fused-ring (bicyclic) bond motifs is 4. The predicted octanol–water partition coefficient (Wildman–Crippen LogP) is 8.56. The van der Waals surface area contributed by atoms with Crippen LogP contribution in [0.25, 0.3) is 0 Å². The van der Waals surface area contributed by atoms with Crippen molar-refractivity contribution < 1.29 is 0 Å². The molecule has 0 unspecified atom stereocenters. The maximum atomic E-state index is 2.72. The highest BCUT2D eigenvalue weighted by Crippen LogP contribution is 2.65. The van der Waals surface area contributed by atoms with Gasteiger partial charge < -0.3 is 0 Å². The van der Waals surface area contributed by atoms with Crippen molar-refractivity contribution in [2.24, 2.45) is 40.4 Å². The Kier molecular flexibility index (Phi) is 5.59. The molecule has 27 heavy (non-hydrogen) atoms. The molecular formula is C27H46. The van der Waals surface area contributed by atoms with Crippen LogP contribution in [0.4, 0.5) is 0 Å². The third kappa shape index (κ3) is 3.36. The van der Waals surface area contributed by atoms with Gasteiger partial charge in [-0.05, 0) is 91.8 Å².